The van der Waals surface area contributed by atoms with Gasteiger partial charge in [0.05, 0.1) is 18.2 Å². The number of halogens is 1. The Hall–Kier alpha value is -2.13. The Morgan fingerprint density at radius 2 is 2.15 bits per heavy atom. The predicted molar refractivity (Wildman–Crippen MR) is 103 cm³/mol. The summed E-state index contributed by atoms with van der Waals surface area (Å²) in [5.41, 5.74) is 0.917. The number of likely N-dealkylation sites (tertiary alicyclic amines) is 1. The Morgan fingerprint density at radius 1 is 1.38 bits per heavy atom. The summed E-state index contributed by atoms with van der Waals surface area (Å²) in [5, 5.41) is 12.3. The van der Waals surface area contributed by atoms with Gasteiger partial charge in [-0.3, -0.25) is 0 Å². The van der Waals surface area contributed by atoms with E-state index in [4.69, 9.17) is 5.26 Å². The lowest BCUT2D eigenvalue weighted by molar-refractivity contribution is 0.255. The quantitative estimate of drug-likeness (QED) is 0.601. The van der Waals surface area contributed by atoms with Gasteiger partial charge in [-0.15, -0.1) is 0 Å². The summed E-state index contributed by atoms with van der Waals surface area (Å²) in [6.45, 7) is 12.7. The maximum absolute atomic E-state index is 14.0. The molecule has 0 bridgehead atoms. The highest BCUT2D eigenvalue weighted by Gasteiger charge is 2.25. The summed E-state index contributed by atoms with van der Waals surface area (Å²) < 4.78 is 14.0. The molecule has 1 unspecified atom stereocenters. The third kappa shape index (κ3) is 5.43. The van der Waals surface area contributed by atoms with Crippen LogP contribution in [0.1, 0.15) is 38.3 Å². The Bertz CT molecular complexity index is 648. The SMILES string of the molecule is CCNC(=NCc1cc(C#N)ccc1F)N1CCC(CN(CC)CC)C1. The van der Waals surface area contributed by atoms with Crippen molar-refractivity contribution in [3.63, 3.8) is 0 Å². The normalized spacial score (nSPS) is 17.6. The minimum atomic E-state index is -0.315. The molecule has 142 valence electrons. The lowest BCUT2D eigenvalue weighted by atomic mass is 10.1. The van der Waals surface area contributed by atoms with Crippen LogP contribution in [0.4, 0.5) is 4.39 Å². The van der Waals surface area contributed by atoms with Gasteiger partial charge in [-0.25, -0.2) is 9.38 Å². The van der Waals surface area contributed by atoms with Crippen LogP contribution in [0.3, 0.4) is 0 Å². The number of hydrogen-bond acceptors (Lipinski definition) is 3. The maximum Gasteiger partial charge on any atom is 0.194 e. The number of nitrogens with zero attached hydrogens (tertiary/aromatic N) is 4. The average molecular weight is 359 g/mol. The smallest absolute Gasteiger partial charge is 0.194 e. The van der Waals surface area contributed by atoms with Crippen molar-refractivity contribution in [3.05, 3.63) is 35.1 Å². The Morgan fingerprint density at radius 3 is 2.81 bits per heavy atom. The van der Waals surface area contributed by atoms with Crippen molar-refractivity contribution in [3.8, 4) is 6.07 Å². The zero-order valence-corrected chi connectivity index (χ0v) is 16.1. The number of nitriles is 1. The molecule has 0 amide bonds. The van der Waals surface area contributed by atoms with Crippen molar-refractivity contribution in [2.45, 2.75) is 33.7 Å². The summed E-state index contributed by atoms with van der Waals surface area (Å²) in [6, 6.07) is 6.46. The van der Waals surface area contributed by atoms with Crippen LogP contribution in [-0.2, 0) is 6.54 Å². The van der Waals surface area contributed by atoms with Crippen LogP contribution in [0.5, 0.6) is 0 Å². The molecular formula is C20H30FN5. The van der Waals surface area contributed by atoms with Crippen molar-refractivity contribution >= 4 is 5.96 Å². The van der Waals surface area contributed by atoms with Gasteiger partial charge in [0.1, 0.15) is 5.82 Å². The van der Waals surface area contributed by atoms with Crippen molar-refractivity contribution in [1.29, 1.82) is 5.26 Å². The van der Waals surface area contributed by atoms with Crippen molar-refractivity contribution in [2.75, 3.05) is 39.3 Å². The first-order valence-electron chi connectivity index (χ1n) is 9.55. The van der Waals surface area contributed by atoms with E-state index in [9.17, 15) is 4.39 Å². The van der Waals surface area contributed by atoms with Gasteiger partial charge >= 0.3 is 0 Å². The molecule has 1 aromatic carbocycles. The fourth-order valence-electron chi connectivity index (χ4n) is 3.37. The second kappa shape index (κ2) is 10.1. The second-order valence-electron chi connectivity index (χ2n) is 6.67. The standard InChI is InChI=1S/C20H30FN5/c1-4-23-20(24-13-18-11-16(12-22)7-8-19(18)21)26-10-9-17(15-26)14-25(5-2)6-3/h7-8,11,17H,4-6,9-10,13-15H2,1-3H3,(H,23,24). The summed E-state index contributed by atoms with van der Waals surface area (Å²) in [4.78, 5) is 9.35. The van der Waals surface area contributed by atoms with E-state index in [0.717, 1.165) is 51.6 Å². The topological polar surface area (TPSA) is 54.7 Å². The molecule has 1 N–H and O–H groups in total. The molecule has 1 aliphatic rings. The van der Waals surface area contributed by atoms with Crippen molar-refractivity contribution < 1.29 is 4.39 Å². The molecule has 6 heteroatoms. The fourth-order valence-corrected chi connectivity index (χ4v) is 3.37. The molecule has 1 atom stereocenters. The third-order valence-electron chi connectivity index (χ3n) is 4.91. The molecule has 2 rings (SSSR count). The monoisotopic (exact) mass is 359 g/mol. The molecular weight excluding hydrogens is 329 g/mol. The van der Waals surface area contributed by atoms with Crippen LogP contribution in [0.25, 0.3) is 0 Å². The molecule has 26 heavy (non-hydrogen) atoms. The molecule has 1 aromatic rings. The van der Waals surface area contributed by atoms with E-state index in [-0.39, 0.29) is 12.4 Å². The number of rotatable bonds is 7. The Balaban J connectivity index is 2.04. The molecule has 1 saturated heterocycles. The van der Waals surface area contributed by atoms with E-state index in [0.29, 0.717) is 17.0 Å². The third-order valence-corrected chi connectivity index (χ3v) is 4.91. The largest absolute Gasteiger partial charge is 0.357 e. The molecule has 0 saturated carbocycles. The lowest BCUT2D eigenvalue weighted by Crippen LogP contribution is -2.40. The molecule has 1 aliphatic heterocycles. The fraction of sp³-hybridized carbons (Fsp3) is 0.600. The number of hydrogen-bond donors (Lipinski definition) is 1. The van der Waals surface area contributed by atoms with Crippen LogP contribution in [0.15, 0.2) is 23.2 Å². The van der Waals surface area contributed by atoms with Crippen LogP contribution in [0.2, 0.25) is 0 Å². The van der Waals surface area contributed by atoms with E-state index >= 15 is 0 Å². The molecule has 0 radical (unpaired) electrons. The molecule has 1 fully saturated rings. The van der Waals surface area contributed by atoms with Crippen molar-refractivity contribution in [2.24, 2.45) is 10.9 Å². The average Bonchev–Trinajstić information content (AvgIpc) is 3.12. The summed E-state index contributed by atoms with van der Waals surface area (Å²) in [7, 11) is 0. The predicted octanol–water partition coefficient (Wildman–Crippen LogP) is 2.83. The lowest BCUT2D eigenvalue weighted by Gasteiger charge is -2.24. The van der Waals surface area contributed by atoms with Gasteiger partial charge in [0, 0.05) is 31.7 Å². The Kier molecular flexibility index (Phi) is 7.86. The molecule has 0 spiro atoms. The summed E-state index contributed by atoms with van der Waals surface area (Å²) in [5.74, 6) is 1.15. The highest BCUT2D eigenvalue weighted by molar-refractivity contribution is 5.80. The number of guanidine groups is 1. The van der Waals surface area contributed by atoms with E-state index in [1.807, 2.05) is 6.92 Å². The van der Waals surface area contributed by atoms with E-state index in [2.05, 4.69) is 40.0 Å². The number of nitrogens with one attached hydrogen (secondary N) is 1. The second-order valence-corrected chi connectivity index (χ2v) is 6.67. The van der Waals surface area contributed by atoms with Crippen LogP contribution in [0, 0.1) is 23.1 Å². The zero-order valence-electron chi connectivity index (χ0n) is 16.1. The zero-order chi connectivity index (χ0) is 18.9. The maximum atomic E-state index is 14.0. The highest BCUT2D eigenvalue weighted by atomic mass is 19.1. The molecule has 0 aliphatic carbocycles. The van der Waals surface area contributed by atoms with Crippen molar-refractivity contribution in [1.82, 2.24) is 15.1 Å². The molecule has 5 nitrogen and oxygen atoms in total. The van der Waals surface area contributed by atoms with Gasteiger partial charge in [0.15, 0.2) is 5.96 Å². The van der Waals surface area contributed by atoms with Crippen LogP contribution < -0.4 is 5.32 Å². The Labute approximate surface area is 156 Å². The van der Waals surface area contributed by atoms with Gasteiger partial charge in [-0.1, -0.05) is 13.8 Å². The van der Waals surface area contributed by atoms with Crippen LogP contribution >= 0.6 is 0 Å². The first-order chi connectivity index (χ1) is 12.6. The summed E-state index contributed by atoms with van der Waals surface area (Å²) >= 11 is 0. The van der Waals surface area contributed by atoms with Crippen LogP contribution in [-0.4, -0.2) is 55.0 Å². The molecule has 1 heterocycles. The van der Waals surface area contributed by atoms with Gasteiger partial charge in [0.25, 0.3) is 0 Å². The molecule has 0 aromatic heterocycles. The summed E-state index contributed by atoms with van der Waals surface area (Å²) in [6.07, 6.45) is 1.15. The van der Waals surface area contributed by atoms with Gasteiger partial charge < -0.3 is 15.1 Å². The number of benzene rings is 1. The van der Waals surface area contributed by atoms with E-state index in [1.165, 1.54) is 12.1 Å². The van der Waals surface area contributed by atoms with Gasteiger partial charge in [0.2, 0.25) is 0 Å². The first kappa shape index (κ1) is 20.2. The number of aliphatic imine (C=N–C) groups is 1. The van der Waals surface area contributed by atoms with Gasteiger partial charge in [-0.05, 0) is 50.6 Å². The minimum Gasteiger partial charge on any atom is -0.357 e. The highest BCUT2D eigenvalue weighted by Crippen LogP contribution is 2.18. The van der Waals surface area contributed by atoms with E-state index in [1.54, 1.807) is 6.07 Å². The minimum absolute atomic E-state index is 0.237. The van der Waals surface area contributed by atoms with E-state index < -0.39 is 0 Å². The van der Waals surface area contributed by atoms with Gasteiger partial charge in [-0.2, -0.15) is 5.26 Å². The first-order valence-corrected chi connectivity index (χ1v) is 9.55.